The Morgan fingerprint density at radius 3 is 2.38 bits per heavy atom. The lowest BCUT2D eigenvalue weighted by atomic mass is 9.88. The highest BCUT2D eigenvalue weighted by Crippen LogP contribution is 2.34. The zero-order chi connectivity index (χ0) is 16.8. The quantitative estimate of drug-likeness (QED) is 0.574. The molecule has 1 aromatic heterocycles. The molecule has 0 fully saturated rings. The summed E-state index contributed by atoms with van der Waals surface area (Å²) in [6, 6.07) is 14.0. The van der Waals surface area contributed by atoms with E-state index in [2.05, 4.69) is 0 Å². The Balaban J connectivity index is 1.85. The molecule has 0 saturated carbocycles. The maximum absolute atomic E-state index is 12.6. The smallest absolute Gasteiger partial charge is 0.229 e. The molecule has 0 saturated heterocycles. The first-order valence-corrected chi connectivity index (χ1v) is 7.23. The van der Waals surface area contributed by atoms with Gasteiger partial charge in [0.1, 0.15) is 5.75 Å². The summed E-state index contributed by atoms with van der Waals surface area (Å²) in [5.41, 5.74) is 0.396. The number of rotatable bonds is 2. The van der Waals surface area contributed by atoms with Crippen LogP contribution >= 0.6 is 0 Å². The number of benzene rings is 2. The number of hydrogen-bond donors (Lipinski definition) is 1. The molecular formula is C19H10O5. The fraction of sp³-hybridized carbons (Fsp3) is 0. The first-order valence-electron chi connectivity index (χ1n) is 7.23. The van der Waals surface area contributed by atoms with E-state index in [0.29, 0.717) is 5.56 Å². The van der Waals surface area contributed by atoms with Crippen LogP contribution in [0.25, 0.3) is 0 Å². The van der Waals surface area contributed by atoms with Crippen molar-refractivity contribution in [3.8, 4) is 5.75 Å². The van der Waals surface area contributed by atoms with Crippen LogP contribution < -0.4 is 0 Å². The van der Waals surface area contributed by atoms with Gasteiger partial charge in [0.15, 0.2) is 11.5 Å². The number of phenols is 1. The van der Waals surface area contributed by atoms with E-state index >= 15 is 0 Å². The second-order valence-corrected chi connectivity index (χ2v) is 5.41. The summed E-state index contributed by atoms with van der Waals surface area (Å²) in [6.07, 6.45) is 0. The van der Waals surface area contributed by atoms with Crippen molar-refractivity contribution in [2.75, 3.05) is 0 Å². The fourth-order valence-electron chi connectivity index (χ4n) is 2.80. The molecule has 0 amide bonds. The Morgan fingerprint density at radius 2 is 1.62 bits per heavy atom. The molecule has 1 aliphatic rings. The van der Waals surface area contributed by atoms with Crippen molar-refractivity contribution in [1.29, 1.82) is 0 Å². The summed E-state index contributed by atoms with van der Waals surface area (Å²) in [4.78, 5) is 37.5. The molecule has 5 heteroatoms. The number of aromatic hydroxyl groups is 1. The molecule has 0 bridgehead atoms. The molecule has 1 N–H and O–H groups in total. The van der Waals surface area contributed by atoms with E-state index in [0.717, 1.165) is 0 Å². The average Bonchev–Trinajstić information content (AvgIpc) is 3.05. The van der Waals surface area contributed by atoms with Crippen LogP contribution in [0.3, 0.4) is 0 Å². The number of carbonyl (C=O) groups excluding carboxylic acids is 3. The fourth-order valence-corrected chi connectivity index (χ4v) is 2.80. The molecule has 4 rings (SSSR count). The summed E-state index contributed by atoms with van der Waals surface area (Å²) in [5.74, 6) is -2.00. The van der Waals surface area contributed by atoms with Crippen LogP contribution in [0.15, 0.2) is 59.0 Å². The summed E-state index contributed by atoms with van der Waals surface area (Å²) < 4.78 is 5.40. The highest BCUT2D eigenvalue weighted by molar-refractivity contribution is 6.29. The minimum absolute atomic E-state index is 0.00622. The molecule has 0 atom stereocenters. The van der Waals surface area contributed by atoms with Gasteiger partial charge in [0, 0.05) is 11.1 Å². The number of furan rings is 1. The zero-order valence-corrected chi connectivity index (χ0v) is 12.3. The Morgan fingerprint density at radius 1 is 0.875 bits per heavy atom. The van der Waals surface area contributed by atoms with E-state index in [4.69, 9.17) is 4.42 Å². The maximum Gasteiger partial charge on any atom is 0.229 e. The van der Waals surface area contributed by atoms with Crippen LogP contribution in [0.5, 0.6) is 5.75 Å². The van der Waals surface area contributed by atoms with Crippen LogP contribution in [0, 0.1) is 0 Å². The molecule has 3 aromatic rings. The van der Waals surface area contributed by atoms with Crippen LogP contribution in [0.1, 0.15) is 48.2 Å². The Labute approximate surface area is 136 Å². The Hall–Kier alpha value is -3.47. The lowest BCUT2D eigenvalue weighted by molar-refractivity contribution is 0.0949. The normalized spacial score (nSPS) is 12.7. The van der Waals surface area contributed by atoms with Gasteiger partial charge in [0.25, 0.3) is 0 Å². The molecule has 116 valence electrons. The van der Waals surface area contributed by atoms with Gasteiger partial charge in [-0.05, 0) is 18.2 Å². The lowest BCUT2D eigenvalue weighted by Gasteiger charge is -2.13. The molecule has 0 spiro atoms. The van der Waals surface area contributed by atoms with Crippen molar-refractivity contribution in [3.05, 3.63) is 88.4 Å². The van der Waals surface area contributed by atoms with E-state index in [1.807, 2.05) is 0 Å². The Kier molecular flexibility index (Phi) is 2.96. The summed E-state index contributed by atoms with van der Waals surface area (Å²) >= 11 is 0. The van der Waals surface area contributed by atoms with Gasteiger partial charge in [-0.1, -0.05) is 36.4 Å². The second-order valence-electron chi connectivity index (χ2n) is 5.41. The molecule has 24 heavy (non-hydrogen) atoms. The van der Waals surface area contributed by atoms with Crippen molar-refractivity contribution in [1.82, 2.24) is 0 Å². The van der Waals surface area contributed by atoms with Crippen LogP contribution in [0.2, 0.25) is 0 Å². The van der Waals surface area contributed by atoms with Gasteiger partial charge < -0.3 is 9.52 Å². The molecule has 1 aliphatic carbocycles. The van der Waals surface area contributed by atoms with Crippen molar-refractivity contribution in [3.63, 3.8) is 0 Å². The molecule has 1 heterocycles. The minimum atomic E-state index is -0.534. The minimum Gasteiger partial charge on any atom is -0.507 e. The predicted molar refractivity (Wildman–Crippen MR) is 83.6 cm³/mol. The third-order valence-corrected chi connectivity index (χ3v) is 3.96. The van der Waals surface area contributed by atoms with Crippen molar-refractivity contribution in [2.24, 2.45) is 0 Å². The first-order chi connectivity index (χ1) is 11.6. The maximum atomic E-state index is 12.6. The monoisotopic (exact) mass is 318 g/mol. The van der Waals surface area contributed by atoms with Gasteiger partial charge in [-0.25, -0.2) is 0 Å². The third-order valence-electron chi connectivity index (χ3n) is 3.96. The van der Waals surface area contributed by atoms with Crippen LogP contribution in [0.4, 0.5) is 0 Å². The second kappa shape index (κ2) is 5.03. The van der Waals surface area contributed by atoms with Gasteiger partial charge in [-0.2, -0.15) is 0 Å². The standard InChI is InChI=1S/C19H10O5/c20-13-8-4-7-11-15(13)17(22)12-9-14(24-19(12)18(11)23)16(21)10-5-2-1-3-6-10/h1-9,20H. The SMILES string of the molecule is O=C(c1ccccc1)c1cc2c(o1)C(=O)c1cccc(O)c1C2=O. The summed E-state index contributed by atoms with van der Waals surface area (Å²) in [5, 5.41) is 9.89. The highest BCUT2D eigenvalue weighted by atomic mass is 16.4. The summed E-state index contributed by atoms with van der Waals surface area (Å²) in [7, 11) is 0. The number of ketones is 3. The predicted octanol–water partition coefficient (Wildman–Crippen LogP) is 2.99. The molecular weight excluding hydrogens is 308 g/mol. The van der Waals surface area contributed by atoms with E-state index in [1.54, 1.807) is 30.3 Å². The van der Waals surface area contributed by atoms with E-state index in [1.165, 1.54) is 24.3 Å². The Bertz CT molecular complexity index is 1010. The van der Waals surface area contributed by atoms with E-state index < -0.39 is 17.3 Å². The topological polar surface area (TPSA) is 84.6 Å². The van der Waals surface area contributed by atoms with Gasteiger partial charge >= 0.3 is 0 Å². The zero-order valence-electron chi connectivity index (χ0n) is 12.3. The number of hydrogen-bond acceptors (Lipinski definition) is 5. The largest absolute Gasteiger partial charge is 0.507 e. The molecule has 2 aromatic carbocycles. The van der Waals surface area contributed by atoms with Gasteiger partial charge in [-0.3, -0.25) is 14.4 Å². The van der Waals surface area contributed by atoms with Crippen molar-refractivity contribution in [2.45, 2.75) is 0 Å². The van der Waals surface area contributed by atoms with Crippen molar-refractivity contribution < 1.29 is 23.9 Å². The van der Waals surface area contributed by atoms with Crippen LogP contribution in [-0.2, 0) is 0 Å². The number of carbonyl (C=O) groups is 3. The summed E-state index contributed by atoms with van der Waals surface area (Å²) in [6.45, 7) is 0. The molecule has 0 unspecified atom stereocenters. The van der Waals surface area contributed by atoms with Gasteiger partial charge in [0.05, 0.1) is 11.1 Å². The third kappa shape index (κ3) is 1.91. The lowest BCUT2D eigenvalue weighted by Crippen LogP contribution is -2.19. The van der Waals surface area contributed by atoms with Crippen molar-refractivity contribution >= 4 is 17.3 Å². The van der Waals surface area contributed by atoms with E-state index in [-0.39, 0.29) is 34.0 Å². The average molecular weight is 318 g/mol. The first kappa shape index (κ1) is 14.1. The van der Waals surface area contributed by atoms with Crippen LogP contribution in [-0.4, -0.2) is 22.5 Å². The van der Waals surface area contributed by atoms with E-state index in [9.17, 15) is 19.5 Å². The molecule has 0 aliphatic heterocycles. The van der Waals surface area contributed by atoms with Gasteiger partial charge in [-0.15, -0.1) is 0 Å². The highest BCUT2D eigenvalue weighted by Gasteiger charge is 2.36. The number of phenolic OH excluding ortho intramolecular Hbond substituents is 1. The number of fused-ring (bicyclic) bond motifs is 2. The molecule has 0 radical (unpaired) electrons. The van der Waals surface area contributed by atoms with Gasteiger partial charge in [0.2, 0.25) is 17.3 Å². The molecule has 5 nitrogen and oxygen atoms in total.